The molecule has 3 nitrogen and oxygen atoms in total. The normalized spacial score (nSPS) is 21.7. The molecule has 122 valence electrons. The lowest BCUT2D eigenvalue weighted by Crippen LogP contribution is -2.31. The van der Waals surface area contributed by atoms with Crippen molar-refractivity contribution in [1.82, 2.24) is 4.90 Å². The molecule has 1 aliphatic rings. The van der Waals surface area contributed by atoms with Crippen LogP contribution in [0.15, 0.2) is 41.1 Å². The first-order chi connectivity index (χ1) is 10.9. The van der Waals surface area contributed by atoms with Crippen LogP contribution in [0.2, 0.25) is 0 Å². The Labute approximate surface area is 135 Å². The van der Waals surface area contributed by atoms with E-state index in [0.29, 0.717) is 17.5 Å². The van der Waals surface area contributed by atoms with E-state index in [4.69, 9.17) is 0 Å². The van der Waals surface area contributed by atoms with E-state index in [1.165, 1.54) is 28.4 Å². The number of benzene rings is 1. The number of carbonyl (C=O) groups is 1. The van der Waals surface area contributed by atoms with Crippen molar-refractivity contribution < 1.29 is 23.1 Å². The zero-order valence-corrected chi connectivity index (χ0v) is 12.8. The first-order valence-electron chi connectivity index (χ1n) is 7.04. The average Bonchev–Trinajstić information content (AvgIpc) is 3.15. The Morgan fingerprint density at radius 2 is 1.91 bits per heavy atom. The standard InChI is InChI=1S/C16H14F3NO2S/c17-16(18,19)12-3-1-10(2-4-12)14-7-13(21)8-20(14)15(22)11-5-6-23-9-11/h1-6,9,13-14,21H,7-8H2. The van der Waals surface area contributed by atoms with E-state index in [9.17, 15) is 23.1 Å². The van der Waals surface area contributed by atoms with Crippen LogP contribution in [0.3, 0.4) is 0 Å². The third-order valence-electron chi connectivity index (χ3n) is 3.93. The van der Waals surface area contributed by atoms with Gasteiger partial charge in [-0.3, -0.25) is 4.79 Å². The minimum absolute atomic E-state index is 0.181. The molecule has 2 heterocycles. The Balaban J connectivity index is 1.86. The van der Waals surface area contributed by atoms with Gasteiger partial charge in [0.15, 0.2) is 0 Å². The van der Waals surface area contributed by atoms with E-state index in [-0.39, 0.29) is 12.5 Å². The molecule has 2 aromatic rings. The summed E-state index contributed by atoms with van der Waals surface area (Å²) in [5.41, 5.74) is 0.398. The molecular formula is C16H14F3NO2S. The molecular weight excluding hydrogens is 327 g/mol. The maximum atomic E-state index is 12.6. The van der Waals surface area contributed by atoms with Gasteiger partial charge in [-0.1, -0.05) is 12.1 Å². The number of amides is 1. The van der Waals surface area contributed by atoms with Crippen LogP contribution < -0.4 is 0 Å². The fourth-order valence-electron chi connectivity index (χ4n) is 2.80. The minimum atomic E-state index is -4.39. The quantitative estimate of drug-likeness (QED) is 0.904. The van der Waals surface area contributed by atoms with Gasteiger partial charge in [-0.05, 0) is 35.6 Å². The van der Waals surface area contributed by atoms with Crippen molar-refractivity contribution >= 4 is 17.2 Å². The van der Waals surface area contributed by atoms with Crippen molar-refractivity contribution in [2.75, 3.05) is 6.54 Å². The smallest absolute Gasteiger partial charge is 0.391 e. The molecule has 2 atom stereocenters. The van der Waals surface area contributed by atoms with E-state index < -0.39 is 23.9 Å². The van der Waals surface area contributed by atoms with Gasteiger partial charge in [-0.2, -0.15) is 24.5 Å². The first-order valence-corrected chi connectivity index (χ1v) is 7.99. The third kappa shape index (κ3) is 3.25. The van der Waals surface area contributed by atoms with Crippen LogP contribution in [0, 0.1) is 0 Å². The van der Waals surface area contributed by atoms with E-state index in [0.717, 1.165) is 12.1 Å². The predicted molar refractivity (Wildman–Crippen MR) is 80.2 cm³/mol. The topological polar surface area (TPSA) is 40.5 Å². The number of hydrogen-bond acceptors (Lipinski definition) is 3. The molecule has 7 heteroatoms. The van der Waals surface area contributed by atoms with Crippen LogP contribution in [0.25, 0.3) is 0 Å². The number of halogens is 3. The molecule has 1 aliphatic heterocycles. The number of nitrogens with zero attached hydrogens (tertiary/aromatic N) is 1. The van der Waals surface area contributed by atoms with Crippen LogP contribution in [0.4, 0.5) is 13.2 Å². The monoisotopic (exact) mass is 341 g/mol. The number of aliphatic hydroxyl groups excluding tert-OH is 1. The lowest BCUT2D eigenvalue weighted by Gasteiger charge is -2.24. The molecule has 0 radical (unpaired) electrons. The van der Waals surface area contributed by atoms with Crippen molar-refractivity contribution in [1.29, 1.82) is 0 Å². The highest BCUT2D eigenvalue weighted by Gasteiger charge is 2.36. The first kappa shape index (κ1) is 16.0. The number of carbonyl (C=O) groups excluding carboxylic acids is 1. The van der Waals surface area contributed by atoms with Crippen LogP contribution in [0.1, 0.15) is 33.9 Å². The second-order valence-corrected chi connectivity index (χ2v) is 6.27. The van der Waals surface area contributed by atoms with Gasteiger partial charge in [0.25, 0.3) is 5.91 Å². The Bertz CT molecular complexity index is 682. The Morgan fingerprint density at radius 3 is 2.48 bits per heavy atom. The fourth-order valence-corrected chi connectivity index (χ4v) is 3.43. The highest BCUT2D eigenvalue weighted by atomic mass is 32.1. The lowest BCUT2D eigenvalue weighted by molar-refractivity contribution is -0.137. The Morgan fingerprint density at radius 1 is 1.22 bits per heavy atom. The zero-order chi connectivity index (χ0) is 16.6. The number of alkyl halides is 3. The Kier molecular flexibility index (Phi) is 4.16. The summed E-state index contributed by atoms with van der Waals surface area (Å²) < 4.78 is 37.9. The molecule has 0 saturated carbocycles. The summed E-state index contributed by atoms with van der Waals surface area (Å²) in [5.74, 6) is -0.215. The number of aliphatic hydroxyl groups is 1. The van der Waals surface area contributed by atoms with Gasteiger partial charge in [0.2, 0.25) is 0 Å². The third-order valence-corrected chi connectivity index (χ3v) is 4.61. The number of likely N-dealkylation sites (tertiary alicyclic amines) is 1. The summed E-state index contributed by atoms with van der Waals surface area (Å²) in [6, 6.07) is 6.04. The largest absolute Gasteiger partial charge is 0.416 e. The Hall–Kier alpha value is -1.86. The summed E-state index contributed by atoms with van der Waals surface area (Å²) in [5, 5.41) is 13.4. The molecule has 0 bridgehead atoms. The molecule has 1 N–H and O–H groups in total. The molecule has 1 amide bonds. The number of β-amino-alcohol motifs (C(OH)–C–C–N with tert-alkyl or cyclic N) is 1. The van der Waals surface area contributed by atoms with Crippen molar-refractivity contribution in [3.63, 3.8) is 0 Å². The summed E-state index contributed by atoms with van der Waals surface area (Å²) >= 11 is 1.39. The maximum absolute atomic E-state index is 12.6. The minimum Gasteiger partial charge on any atom is -0.391 e. The second-order valence-electron chi connectivity index (χ2n) is 5.49. The molecule has 1 fully saturated rings. The lowest BCUT2D eigenvalue weighted by atomic mass is 10.0. The molecule has 23 heavy (non-hydrogen) atoms. The van der Waals surface area contributed by atoms with E-state index in [2.05, 4.69) is 0 Å². The van der Waals surface area contributed by atoms with Gasteiger partial charge >= 0.3 is 6.18 Å². The van der Waals surface area contributed by atoms with E-state index >= 15 is 0 Å². The van der Waals surface area contributed by atoms with Crippen molar-refractivity contribution in [3.8, 4) is 0 Å². The maximum Gasteiger partial charge on any atom is 0.416 e. The average molecular weight is 341 g/mol. The van der Waals surface area contributed by atoms with Crippen LogP contribution in [-0.4, -0.2) is 28.6 Å². The molecule has 1 aromatic heterocycles. The van der Waals surface area contributed by atoms with Gasteiger partial charge in [0.1, 0.15) is 0 Å². The zero-order valence-electron chi connectivity index (χ0n) is 12.0. The number of rotatable bonds is 2. The van der Waals surface area contributed by atoms with Gasteiger partial charge in [0.05, 0.1) is 23.3 Å². The number of hydrogen-bond donors (Lipinski definition) is 1. The van der Waals surface area contributed by atoms with Crippen molar-refractivity contribution in [2.24, 2.45) is 0 Å². The van der Waals surface area contributed by atoms with E-state index in [1.807, 2.05) is 0 Å². The van der Waals surface area contributed by atoms with Gasteiger partial charge in [0, 0.05) is 11.9 Å². The molecule has 3 rings (SSSR count). The molecule has 2 unspecified atom stereocenters. The van der Waals surface area contributed by atoms with Crippen LogP contribution in [0.5, 0.6) is 0 Å². The molecule has 1 aromatic carbocycles. The summed E-state index contributed by atoms with van der Waals surface area (Å²) in [4.78, 5) is 14.0. The molecule has 0 aliphatic carbocycles. The van der Waals surface area contributed by atoms with Crippen molar-refractivity contribution in [3.05, 3.63) is 57.8 Å². The van der Waals surface area contributed by atoms with Gasteiger partial charge in [-0.15, -0.1) is 0 Å². The predicted octanol–water partition coefficient (Wildman–Crippen LogP) is 3.72. The van der Waals surface area contributed by atoms with Gasteiger partial charge in [-0.25, -0.2) is 0 Å². The van der Waals surface area contributed by atoms with Crippen LogP contribution in [-0.2, 0) is 6.18 Å². The second kappa shape index (κ2) is 5.98. The molecule has 0 spiro atoms. The van der Waals surface area contributed by atoms with Crippen LogP contribution >= 0.6 is 11.3 Å². The van der Waals surface area contributed by atoms with Crippen molar-refractivity contribution in [2.45, 2.75) is 24.7 Å². The highest BCUT2D eigenvalue weighted by Crippen LogP contribution is 2.36. The highest BCUT2D eigenvalue weighted by molar-refractivity contribution is 7.08. The fraction of sp³-hybridized carbons (Fsp3) is 0.312. The summed E-state index contributed by atoms with van der Waals surface area (Å²) in [6.07, 6.45) is -4.74. The van der Waals surface area contributed by atoms with E-state index in [1.54, 1.807) is 16.8 Å². The summed E-state index contributed by atoms with van der Waals surface area (Å²) in [6.45, 7) is 0.181. The SMILES string of the molecule is O=C(c1ccsc1)N1CC(O)CC1c1ccc(C(F)(F)F)cc1. The van der Waals surface area contributed by atoms with Gasteiger partial charge < -0.3 is 10.0 Å². The summed E-state index contributed by atoms with van der Waals surface area (Å²) in [7, 11) is 0. The molecule has 1 saturated heterocycles. The number of thiophene rings is 1.